The molecule has 0 spiro atoms. The fraction of sp³-hybridized carbons (Fsp3) is 0.611. The number of likely N-dealkylation sites (tertiary alicyclic amines) is 1. The SMILES string of the molecule is COc1ccc([C@@H](CNC(=S)N[C@@H]2CCS(=O)(=O)C2)N2CCCC2)cc1. The topological polar surface area (TPSA) is 70.7 Å². The molecule has 6 nitrogen and oxygen atoms in total. The first kappa shape index (κ1) is 19.4. The van der Waals surface area contributed by atoms with Crippen LogP contribution < -0.4 is 15.4 Å². The van der Waals surface area contributed by atoms with E-state index in [2.05, 4.69) is 27.7 Å². The van der Waals surface area contributed by atoms with Crippen molar-refractivity contribution in [1.29, 1.82) is 0 Å². The van der Waals surface area contributed by atoms with E-state index < -0.39 is 9.84 Å². The van der Waals surface area contributed by atoms with Gasteiger partial charge < -0.3 is 15.4 Å². The lowest BCUT2D eigenvalue weighted by Gasteiger charge is -2.29. The maximum absolute atomic E-state index is 11.6. The van der Waals surface area contributed by atoms with Crippen LogP contribution in [-0.2, 0) is 9.84 Å². The second kappa shape index (κ2) is 8.54. The van der Waals surface area contributed by atoms with E-state index in [-0.39, 0.29) is 23.6 Å². The number of nitrogens with one attached hydrogen (secondary N) is 2. The van der Waals surface area contributed by atoms with Crippen molar-refractivity contribution in [3.8, 4) is 5.75 Å². The van der Waals surface area contributed by atoms with Gasteiger partial charge in [-0.2, -0.15) is 0 Å². The second-order valence-electron chi connectivity index (χ2n) is 6.99. The highest BCUT2D eigenvalue weighted by Crippen LogP contribution is 2.26. The molecule has 8 heteroatoms. The van der Waals surface area contributed by atoms with E-state index in [0.717, 1.165) is 18.8 Å². The van der Waals surface area contributed by atoms with Gasteiger partial charge in [0.1, 0.15) is 5.75 Å². The minimum absolute atomic E-state index is 0.0776. The summed E-state index contributed by atoms with van der Waals surface area (Å²) in [6, 6.07) is 8.32. The van der Waals surface area contributed by atoms with Crippen LogP contribution >= 0.6 is 12.2 Å². The van der Waals surface area contributed by atoms with Crippen LogP contribution in [0.5, 0.6) is 5.75 Å². The van der Waals surface area contributed by atoms with Crippen LogP contribution in [0.2, 0.25) is 0 Å². The van der Waals surface area contributed by atoms with Gasteiger partial charge in [0.15, 0.2) is 14.9 Å². The van der Waals surface area contributed by atoms with Crippen LogP contribution in [0.15, 0.2) is 24.3 Å². The van der Waals surface area contributed by atoms with Crippen molar-refractivity contribution in [2.24, 2.45) is 0 Å². The van der Waals surface area contributed by atoms with Crippen molar-refractivity contribution >= 4 is 27.2 Å². The maximum Gasteiger partial charge on any atom is 0.166 e. The molecule has 2 aliphatic heterocycles. The number of hydrogen-bond donors (Lipinski definition) is 2. The lowest BCUT2D eigenvalue weighted by atomic mass is 10.1. The molecule has 2 N–H and O–H groups in total. The summed E-state index contributed by atoms with van der Waals surface area (Å²) in [6.07, 6.45) is 3.06. The fourth-order valence-electron chi connectivity index (χ4n) is 3.67. The maximum atomic E-state index is 11.6. The summed E-state index contributed by atoms with van der Waals surface area (Å²) in [5.41, 5.74) is 1.23. The smallest absolute Gasteiger partial charge is 0.166 e. The van der Waals surface area contributed by atoms with Crippen LogP contribution in [-0.4, -0.2) is 62.7 Å². The number of ether oxygens (including phenoxy) is 1. The van der Waals surface area contributed by atoms with Crippen LogP contribution in [0, 0.1) is 0 Å². The van der Waals surface area contributed by atoms with Crippen LogP contribution in [0.4, 0.5) is 0 Å². The Morgan fingerprint density at radius 1 is 1.31 bits per heavy atom. The summed E-state index contributed by atoms with van der Waals surface area (Å²) >= 11 is 5.39. The molecular weight excluding hydrogens is 370 g/mol. The van der Waals surface area contributed by atoms with Gasteiger partial charge in [-0.15, -0.1) is 0 Å². The third kappa shape index (κ3) is 5.08. The molecule has 2 fully saturated rings. The standard InChI is InChI=1S/C18H27N3O3S2/c1-24-16-6-4-14(5-7-16)17(21-9-2-3-10-21)12-19-18(25)20-15-8-11-26(22,23)13-15/h4-7,15,17H,2-3,8-13H2,1H3,(H2,19,20,25)/t15-,17-/m1/s1. The van der Waals surface area contributed by atoms with Gasteiger partial charge in [0.25, 0.3) is 0 Å². The van der Waals surface area contributed by atoms with E-state index in [1.807, 2.05) is 12.1 Å². The summed E-state index contributed by atoms with van der Waals surface area (Å²) in [6.45, 7) is 2.86. The third-order valence-corrected chi connectivity index (χ3v) is 7.14. The average molecular weight is 398 g/mol. The number of benzene rings is 1. The number of methoxy groups -OCH3 is 1. The zero-order chi connectivity index (χ0) is 18.6. The molecule has 1 aromatic carbocycles. The Morgan fingerprint density at radius 3 is 2.58 bits per heavy atom. The molecule has 26 heavy (non-hydrogen) atoms. The highest BCUT2D eigenvalue weighted by molar-refractivity contribution is 7.91. The molecule has 0 unspecified atom stereocenters. The summed E-state index contributed by atoms with van der Waals surface area (Å²) in [5.74, 6) is 1.26. The molecule has 0 aromatic heterocycles. The molecule has 0 radical (unpaired) electrons. The zero-order valence-corrected chi connectivity index (χ0v) is 16.7. The summed E-state index contributed by atoms with van der Waals surface area (Å²) in [7, 11) is -1.24. The molecular formula is C18H27N3O3S2. The number of sulfone groups is 1. The number of hydrogen-bond acceptors (Lipinski definition) is 5. The van der Waals surface area contributed by atoms with Crippen LogP contribution in [0.3, 0.4) is 0 Å². The molecule has 144 valence electrons. The first-order valence-corrected chi connectivity index (χ1v) is 11.3. The van der Waals surface area contributed by atoms with Crippen molar-refractivity contribution in [3.63, 3.8) is 0 Å². The van der Waals surface area contributed by atoms with Gasteiger partial charge >= 0.3 is 0 Å². The minimum atomic E-state index is -2.91. The van der Waals surface area contributed by atoms with Crippen LogP contribution in [0.25, 0.3) is 0 Å². The van der Waals surface area contributed by atoms with E-state index in [0.29, 0.717) is 18.1 Å². The number of nitrogens with zero attached hydrogens (tertiary/aromatic N) is 1. The largest absolute Gasteiger partial charge is 0.497 e. The molecule has 1 aromatic rings. The minimum Gasteiger partial charge on any atom is -0.497 e. The second-order valence-corrected chi connectivity index (χ2v) is 9.62. The van der Waals surface area contributed by atoms with E-state index in [4.69, 9.17) is 17.0 Å². The summed E-state index contributed by atoms with van der Waals surface area (Å²) < 4.78 is 28.4. The van der Waals surface area contributed by atoms with Gasteiger partial charge in [-0.05, 0) is 62.3 Å². The number of thiocarbonyl (C=S) groups is 1. The molecule has 0 aliphatic carbocycles. The van der Waals surface area contributed by atoms with E-state index in [9.17, 15) is 8.42 Å². The number of rotatable bonds is 6. The monoisotopic (exact) mass is 397 g/mol. The first-order valence-electron chi connectivity index (χ1n) is 9.09. The molecule has 0 bridgehead atoms. The average Bonchev–Trinajstić information content (AvgIpc) is 3.25. The van der Waals surface area contributed by atoms with E-state index in [1.165, 1.54) is 18.4 Å². The fourth-order valence-corrected chi connectivity index (χ4v) is 5.60. The summed E-state index contributed by atoms with van der Waals surface area (Å²) in [4.78, 5) is 2.47. The molecule has 2 aliphatic rings. The highest BCUT2D eigenvalue weighted by Gasteiger charge is 2.29. The molecule has 2 atom stereocenters. The van der Waals surface area contributed by atoms with Crippen LogP contribution in [0.1, 0.15) is 30.9 Å². The third-order valence-electron chi connectivity index (χ3n) is 5.11. The van der Waals surface area contributed by atoms with Crippen molar-refractivity contribution < 1.29 is 13.2 Å². The Bertz CT molecular complexity index is 716. The normalized spacial score (nSPS) is 23.5. The van der Waals surface area contributed by atoms with Crippen molar-refractivity contribution in [1.82, 2.24) is 15.5 Å². The van der Waals surface area contributed by atoms with Gasteiger partial charge in [0, 0.05) is 12.6 Å². The first-order chi connectivity index (χ1) is 12.5. The van der Waals surface area contributed by atoms with Crippen molar-refractivity contribution in [2.75, 3.05) is 38.2 Å². The quantitative estimate of drug-likeness (QED) is 0.705. The Kier molecular flexibility index (Phi) is 6.37. The Hall–Kier alpha value is -1.38. The Labute approximate surface area is 161 Å². The Morgan fingerprint density at radius 2 is 2.00 bits per heavy atom. The zero-order valence-electron chi connectivity index (χ0n) is 15.1. The lowest BCUT2D eigenvalue weighted by Crippen LogP contribution is -2.45. The molecule has 2 heterocycles. The molecule has 0 saturated carbocycles. The van der Waals surface area contributed by atoms with Crippen molar-refractivity contribution in [2.45, 2.75) is 31.3 Å². The Balaban J connectivity index is 1.59. The van der Waals surface area contributed by atoms with Gasteiger partial charge in [0.05, 0.1) is 24.7 Å². The van der Waals surface area contributed by atoms with Gasteiger partial charge in [-0.25, -0.2) is 8.42 Å². The van der Waals surface area contributed by atoms with Crippen molar-refractivity contribution in [3.05, 3.63) is 29.8 Å². The predicted molar refractivity (Wildman–Crippen MR) is 107 cm³/mol. The van der Waals surface area contributed by atoms with Gasteiger partial charge in [-0.1, -0.05) is 12.1 Å². The highest BCUT2D eigenvalue weighted by atomic mass is 32.2. The lowest BCUT2D eigenvalue weighted by molar-refractivity contribution is 0.245. The van der Waals surface area contributed by atoms with E-state index >= 15 is 0 Å². The summed E-state index contributed by atoms with van der Waals surface area (Å²) in [5, 5.41) is 6.98. The molecule has 2 saturated heterocycles. The molecule has 3 rings (SSSR count). The van der Waals surface area contributed by atoms with E-state index in [1.54, 1.807) is 7.11 Å². The molecule has 0 amide bonds. The van der Waals surface area contributed by atoms with Gasteiger partial charge in [0.2, 0.25) is 0 Å². The van der Waals surface area contributed by atoms with Gasteiger partial charge in [-0.3, -0.25) is 4.90 Å². The predicted octanol–water partition coefficient (Wildman–Crippen LogP) is 1.48.